The molecule has 0 saturated carbocycles. The van der Waals surface area contributed by atoms with Crippen LogP contribution in [0.25, 0.3) is 0 Å². The van der Waals surface area contributed by atoms with Crippen LogP contribution in [0.15, 0.2) is 111 Å². The van der Waals surface area contributed by atoms with Crippen LogP contribution in [0.1, 0.15) is 51.3 Å². The van der Waals surface area contributed by atoms with Gasteiger partial charge >= 0.3 is 0 Å². The van der Waals surface area contributed by atoms with Gasteiger partial charge in [0.15, 0.2) is 11.6 Å². The SMILES string of the molecule is COc1c(CCCl)cccc1NC(=O)c1cc(Cl)cc(N=NC(C(C)=O)C(=O)Nc2ccc(NC(=O)C(N=Nc3cc(Cl)cc(C(=O)Nc4cccc(CCCl)c4OC)c3)C(C)=O)c(CCl)c2)c1. The summed E-state index contributed by atoms with van der Waals surface area (Å²) < 4.78 is 11.0. The topological polar surface area (TPSA) is 218 Å². The number of azo groups is 2. The first-order valence-corrected chi connectivity index (χ1v) is 22.8. The van der Waals surface area contributed by atoms with Gasteiger partial charge in [0.25, 0.3) is 23.6 Å². The maximum atomic E-state index is 13.5. The number of Topliss-reactive ketones (excluding diaryl/α,β-unsaturated/α-hetero) is 2. The second-order valence-corrected chi connectivity index (χ2v) is 16.5. The Morgan fingerprint density at radius 2 is 1.00 bits per heavy atom. The van der Waals surface area contributed by atoms with Gasteiger partial charge in [-0.2, -0.15) is 20.5 Å². The lowest BCUT2D eigenvalue weighted by molar-refractivity contribution is -0.127. The molecule has 5 aromatic carbocycles. The molecule has 0 spiro atoms. The predicted molar refractivity (Wildman–Crippen MR) is 265 cm³/mol. The number of rotatable bonds is 21. The number of hydrogen-bond acceptors (Lipinski definition) is 12. The maximum absolute atomic E-state index is 13.5. The summed E-state index contributed by atoms with van der Waals surface area (Å²) in [5.74, 6) is -2.65. The molecule has 5 aromatic rings. The molecule has 0 aliphatic heterocycles. The summed E-state index contributed by atoms with van der Waals surface area (Å²) in [6.07, 6.45) is 1.03. The van der Waals surface area contributed by atoms with Crippen molar-refractivity contribution in [3.05, 3.63) is 129 Å². The van der Waals surface area contributed by atoms with Gasteiger partial charge in [-0.15, -0.1) is 34.8 Å². The standard InChI is InChI=1S/C47H43Cl5N8O8/c1-25(61)40(59-57-35-19-29(17-32(51)22-35)44(63)55-38-9-5-7-27(13-15-48)42(38)67-3)46(65)53-34-11-12-37(31(21-34)24-50)54-47(66)41(26(2)62)60-58-36-20-30(18-33(52)23-36)45(64)56-39-10-6-8-28(14-16-49)43(39)68-4/h5-12,17-23,40-41H,13-16,24H2,1-4H3,(H,53,65)(H,54,66)(H,55,63)(H,56,64). The first-order valence-electron chi connectivity index (χ1n) is 20.4. The quantitative estimate of drug-likeness (QED) is 0.0314. The molecule has 21 heteroatoms. The number of nitrogens with zero attached hydrogens (tertiary/aromatic N) is 4. The monoisotopic (exact) mass is 1020 g/mol. The van der Waals surface area contributed by atoms with Gasteiger partial charge in [0.05, 0.1) is 37.0 Å². The predicted octanol–water partition coefficient (Wildman–Crippen LogP) is 11.2. The molecule has 0 aliphatic rings. The first-order chi connectivity index (χ1) is 32.6. The number of carbonyl (C=O) groups is 6. The number of hydrogen-bond donors (Lipinski definition) is 4. The number of halogens is 5. The van der Waals surface area contributed by atoms with E-state index in [-0.39, 0.29) is 49.8 Å². The van der Waals surface area contributed by atoms with E-state index in [2.05, 4.69) is 41.7 Å². The van der Waals surface area contributed by atoms with Gasteiger partial charge in [-0.3, -0.25) is 28.8 Å². The molecular formula is C47H43Cl5N8O8. The van der Waals surface area contributed by atoms with E-state index < -0.39 is 47.3 Å². The normalized spacial score (nSPS) is 12.0. The van der Waals surface area contributed by atoms with E-state index in [1.807, 2.05) is 12.1 Å². The van der Waals surface area contributed by atoms with E-state index in [0.717, 1.165) is 25.0 Å². The number of amides is 4. The summed E-state index contributed by atoms with van der Waals surface area (Å²) in [6.45, 7) is 2.31. The van der Waals surface area contributed by atoms with Crippen molar-refractivity contribution in [2.45, 2.75) is 44.7 Å². The van der Waals surface area contributed by atoms with Crippen LogP contribution in [-0.2, 0) is 37.9 Å². The summed E-state index contributed by atoms with van der Waals surface area (Å²) in [5.41, 5.74) is 3.48. The molecule has 0 bridgehead atoms. The van der Waals surface area contributed by atoms with Crippen LogP contribution >= 0.6 is 58.0 Å². The molecule has 68 heavy (non-hydrogen) atoms. The van der Waals surface area contributed by atoms with Crippen LogP contribution in [0.5, 0.6) is 11.5 Å². The minimum Gasteiger partial charge on any atom is -0.494 e. The molecule has 2 unspecified atom stereocenters. The van der Waals surface area contributed by atoms with E-state index in [1.54, 1.807) is 24.3 Å². The zero-order valence-corrected chi connectivity index (χ0v) is 40.6. The Morgan fingerprint density at radius 1 is 0.544 bits per heavy atom. The zero-order valence-electron chi connectivity index (χ0n) is 36.8. The fourth-order valence-electron chi connectivity index (χ4n) is 6.56. The number of alkyl halides is 3. The van der Waals surface area contributed by atoms with Crippen molar-refractivity contribution in [3.63, 3.8) is 0 Å². The molecule has 16 nitrogen and oxygen atoms in total. The molecular weight excluding hydrogens is 982 g/mol. The highest BCUT2D eigenvalue weighted by Crippen LogP contribution is 2.33. The molecule has 0 radical (unpaired) electrons. The van der Waals surface area contributed by atoms with Gasteiger partial charge < -0.3 is 30.7 Å². The minimum absolute atomic E-state index is 0.0804. The Kier molecular flexibility index (Phi) is 19.4. The number of methoxy groups -OCH3 is 2. The fraction of sp³-hybridized carbons (Fsp3) is 0.234. The van der Waals surface area contributed by atoms with Crippen molar-refractivity contribution < 1.29 is 38.2 Å². The van der Waals surface area contributed by atoms with Crippen LogP contribution in [0.2, 0.25) is 10.0 Å². The number of carbonyl (C=O) groups excluding carboxylic acids is 6. The molecule has 0 heterocycles. The lowest BCUT2D eigenvalue weighted by atomic mass is 10.1. The average molecular weight is 1030 g/mol. The number of ketones is 2. The van der Waals surface area contributed by atoms with Gasteiger partial charge in [-0.05, 0) is 110 Å². The van der Waals surface area contributed by atoms with Crippen molar-refractivity contribution in [2.75, 3.05) is 47.2 Å². The van der Waals surface area contributed by atoms with E-state index in [1.165, 1.54) is 68.8 Å². The van der Waals surface area contributed by atoms with Crippen molar-refractivity contribution >= 4 is 127 Å². The highest BCUT2D eigenvalue weighted by molar-refractivity contribution is 6.32. The molecule has 2 atom stereocenters. The van der Waals surface area contributed by atoms with E-state index in [0.29, 0.717) is 53.0 Å². The van der Waals surface area contributed by atoms with Crippen molar-refractivity contribution in [3.8, 4) is 11.5 Å². The third-order valence-electron chi connectivity index (χ3n) is 9.73. The van der Waals surface area contributed by atoms with Gasteiger partial charge in [-0.1, -0.05) is 47.5 Å². The summed E-state index contributed by atoms with van der Waals surface area (Å²) >= 11 is 30.7. The fourth-order valence-corrected chi connectivity index (χ4v) is 7.65. The van der Waals surface area contributed by atoms with Crippen LogP contribution in [0.3, 0.4) is 0 Å². The molecule has 354 valence electrons. The molecule has 0 fully saturated rings. The summed E-state index contributed by atoms with van der Waals surface area (Å²) in [7, 11) is 2.96. The molecule has 4 amide bonds. The van der Waals surface area contributed by atoms with Crippen LogP contribution in [-0.4, -0.2) is 73.3 Å². The lowest BCUT2D eigenvalue weighted by Gasteiger charge is -2.15. The van der Waals surface area contributed by atoms with E-state index in [4.69, 9.17) is 67.5 Å². The number of nitrogens with one attached hydrogen (secondary N) is 4. The lowest BCUT2D eigenvalue weighted by Crippen LogP contribution is -2.32. The Balaban J connectivity index is 1.26. The van der Waals surface area contributed by atoms with Gasteiger partial charge in [0, 0.05) is 50.2 Å². The number of benzene rings is 5. The van der Waals surface area contributed by atoms with E-state index >= 15 is 0 Å². The molecule has 0 aromatic heterocycles. The van der Waals surface area contributed by atoms with Crippen LogP contribution < -0.4 is 30.7 Å². The summed E-state index contributed by atoms with van der Waals surface area (Å²) in [5, 5.41) is 27.1. The Bertz CT molecular complexity index is 2790. The third kappa shape index (κ3) is 14.1. The molecule has 5 rings (SSSR count). The first kappa shape index (κ1) is 52.5. The second-order valence-electron chi connectivity index (χ2n) is 14.6. The molecule has 0 aliphatic carbocycles. The third-order valence-corrected chi connectivity index (χ3v) is 10.8. The van der Waals surface area contributed by atoms with Crippen molar-refractivity contribution in [1.82, 2.24) is 0 Å². The highest BCUT2D eigenvalue weighted by Gasteiger charge is 2.26. The number of aryl methyl sites for hydroxylation is 2. The Labute approximate surface area is 416 Å². The highest BCUT2D eigenvalue weighted by atomic mass is 35.5. The molecule has 4 N–H and O–H groups in total. The smallest absolute Gasteiger partial charge is 0.258 e. The van der Waals surface area contributed by atoms with Gasteiger partial charge in [-0.25, -0.2) is 0 Å². The van der Waals surface area contributed by atoms with Crippen LogP contribution in [0, 0.1) is 0 Å². The minimum atomic E-state index is -1.63. The number of para-hydroxylation sites is 2. The van der Waals surface area contributed by atoms with Gasteiger partial charge in [0.2, 0.25) is 12.1 Å². The summed E-state index contributed by atoms with van der Waals surface area (Å²) in [6, 6.07) is 19.9. The van der Waals surface area contributed by atoms with Gasteiger partial charge in [0.1, 0.15) is 11.5 Å². The average Bonchev–Trinajstić information content (AvgIpc) is 3.29. The Hall–Kier alpha value is -6.43. The molecule has 0 saturated heterocycles. The summed E-state index contributed by atoms with van der Waals surface area (Å²) in [4.78, 5) is 78.8. The largest absolute Gasteiger partial charge is 0.494 e. The van der Waals surface area contributed by atoms with E-state index in [9.17, 15) is 28.8 Å². The maximum Gasteiger partial charge on any atom is 0.258 e. The van der Waals surface area contributed by atoms with Crippen molar-refractivity contribution in [2.24, 2.45) is 20.5 Å². The Morgan fingerprint density at radius 3 is 1.41 bits per heavy atom. The van der Waals surface area contributed by atoms with Crippen molar-refractivity contribution in [1.29, 1.82) is 0 Å². The number of ether oxygens (including phenoxy) is 2. The second kappa shape index (κ2) is 25.1. The number of anilines is 4. The van der Waals surface area contributed by atoms with Crippen LogP contribution in [0.4, 0.5) is 34.1 Å². The zero-order chi connectivity index (χ0) is 49.5.